The van der Waals surface area contributed by atoms with Crippen LogP contribution >= 0.6 is 0 Å². The molecule has 0 atom stereocenters. The minimum absolute atomic E-state index is 0.0874. The zero-order valence-corrected chi connectivity index (χ0v) is 16.8. The molecule has 4 saturated carbocycles. The van der Waals surface area contributed by atoms with Crippen molar-refractivity contribution in [1.82, 2.24) is 20.6 Å². The van der Waals surface area contributed by atoms with Gasteiger partial charge in [0.25, 0.3) is 17.0 Å². The van der Waals surface area contributed by atoms with E-state index in [1.807, 2.05) is 0 Å². The molecule has 6 rings (SSSR count). The van der Waals surface area contributed by atoms with Crippen LogP contribution in [0, 0.1) is 23.2 Å². The summed E-state index contributed by atoms with van der Waals surface area (Å²) in [5.41, 5.74) is 4.08. The lowest BCUT2D eigenvalue weighted by molar-refractivity contribution is -0.134. The van der Waals surface area contributed by atoms with E-state index in [2.05, 4.69) is 16.0 Å². The summed E-state index contributed by atoms with van der Waals surface area (Å²) in [5, 5.41) is 2.95. The smallest absolute Gasteiger partial charge is 0.273 e. The second kappa shape index (κ2) is 7.11. The molecule has 8 nitrogen and oxygen atoms in total. The molecule has 4 aliphatic rings. The number of aromatic amines is 1. The summed E-state index contributed by atoms with van der Waals surface area (Å²) in [6.07, 6.45) is 7.74. The maximum absolute atomic E-state index is 12.5. The molecule has 0 aliphatic heterocycles. The molecule has 158 valence electrons. The van der Waals surface area contributed by atoms with Crippen molar-refractivity contribution in [2.45, 2.75) is 51.5 Å². The summed E-state index contributed by atoms with van der Waals surface area (Å²) in [7, 11) is 0. The molecule has 4 fully saturated rings. The number of amides is 2. The highest BCUT2D eigenvalue weighted by Crippen LogP contribution is 2.61. The van der Waals surface area contributed by atoms with E-state index in [9.17, 15) is 19.2 Å². The summed E-state index contributed by atoms with van der Waals surface area (Å²) in [6, 6.07) is 6.45. The topological polar surface area (TPSA) is 113 Å². The highest BCUT2D eigenvalue weighted by Gasteiger charge is 2.51. The molecule has 3 N–H and O–H groups in total. The number of benzene rings is 1. The molecule has 0 radical (unpaired) electrons. The fourth-order valence-electron chi connectivity index (χ4n) is 6.57. The number of hydrazine groups is 1. The Morgan fingerprint density at radius 2 is 1.50 bits per heavy atom. The second-order valence-electron chi connectivity index (χ2n) is 9.57. The van der Waals surface area contributed by atoms with E-state index in [0.29, 0.717) is 6.42 Å². The Hall–Kier alpha value is -2.90. The number of rotatable bonds is 4. The number of nitrogens with one attached hydrogen (secondary N) is 3. The third kappa shape index (κ3) is 3.44. The van der Waals surface area contributed by atoms with Gasteiger partial charge in [-0.25, -0.2) is 4.68 Å². The molecular formula is C22H26N4O4. The number of carbonyl (C=O) groups excluding carboxylic acids is 2. The first-order valence-corrected chi connectivity index (χ1v) is 10.7. The van der Waals surface area contributed by atoms with Gasteiger partial charge in [-0.2, -0.15) is 0 Å². The minimum atomic E-state index is -0.568. The largest absolute Gasteiger partial charge is 0.273 e. The molecular weight excluding hydrogens is 384 g/mol. The number of hydrogen-bond acceptors (Lipinski definition) is 4. The highest BCUT2D eigenvalue weighted by molar-refractivity contribution is 5.83. The van der Waals surface area contributed by atoms with Crippen molar-refractivity contribution < 1.29 is 9.59 Å². The fourth-order valence-corrected chi connectivity index (χ4v) is 6.57. The molecule has 2 amide bonds. The van der Waals surface area contributed by atoms with Gasteiger partial charge in [0.1, 0.15) is 6.54 Å². The zero-order chi connectivity index (χ0) is 20.9. The van der Waals surface area contributed by atoms with Gasteiger partial charge in [-0.3, -0.25) is 35.1 Å². The predicted molar refractivity (Wildman–Crippen MR) is 110 cm³/mol. The third-order valence-corrected chi connectivity index (χ3v) is 7.23. The van der Waals surface area contributed by atoms with Crippen molar-refractivity contribution in [3.8, 4) is 0 Å². The van der Waals surface area contributed by atoms with Gasteiger partial charge in [0.05, 0.1) is 10.8 Å². The van der Waals surface area contributed by atoms with E-state index in [1.54, 1.807) is 24.3 Å². The Morgan fingerprint density at radius 3 is 2.13 bits per heavy atom. The number of fused-ring (bicyclic) bond motifs is 1. The Morgan fingerprint density at radius 1 is 0.933 bits per heavy atom. The van der Waals surface area contributed by atoms with Crippen LogP contribution in [0.4, 0.5) is 0 Å². The third-order valence-electron chi connectivity index (χ3n) is 7.23. The van der Waals surface area contributed by atoms with Crippen LogP contribution in [0.5, 0.6) is 0 Å². The van der Waals surface area contributed by atoms with Gasteiger partial charge >= 0.3 is 0 Å². The van der Waals surface area contributed by atoms with Gasteiger partial charge in [0, 0.05) is 6.42 Å². The lowest BCUT2D eigenvalue weighted by Crippen LogP contribution is -2.50. The van der Waals surface area contributed by atoms with E-state index in [-0.39, 0.29) is 28.6 Å². The lowest BCUT2D eigenvalue weighted by atomic mass is 9.49. The molecule has 2 aromatic rings. The molecule has 30 heavy (non-hydrogen) atoms. The maximum Gasteiger partial charge on any atom is 0.273 e. The average molecular weight is 410 g/mol. The molecule has 0 unspecified atom stereocenters. The van der Waals surface area contributed by atoms with Crippen molar-refractivity contribution in [1.29, 1.82) is 0 Å². The standard InChI is InChI=1S/C22H26N4O4/c27-18(11-22-8-13-5-14(9-22)7-15(6-13)10-22)23-24-19(28)12-26-21(30)17-4-2-1-3-16(17)20(29)25-26/h1-4,13-15H,5-12H2,(H,23,27)(H,24,28)(H,25,29). The molecule has 4 bridgehead atoms. The summed E-state index contributed by atoms with van der Waals surface area (Å²) < 4.78 is 0.964. The molecule has 0 saturated heterocycles. The Labute approximate surface area is 173 Å². The van der Waals surface area contributed by atoms with Gasteiger partial charge in [0.15, 0.2) is 0 Å². The molecule has 1 heterocycles. The van der Waals surface area contributed by atoms with Gasteiger partial charge in [-0.05, 0) is 73.8 Å². The van der Waals surface area contributed by atoms with Crippen LogP contribution in [-0.4, -0.2) is 21.6 Å². The monoisotopic (exact) mass is 410 g/mol. The van der Waals surface area contributed by atoms with Gasteiger partial charge in [-0.15, -0.1) is 0 Å². The minimum Gasteiger partial charge on any atom is -0.273 e. The number of nitrogens with zero attached hydrogens (tertiary/aromatic N) is 1. The average Bonchev–Trinajstić information content (AvgIpc) is 2.69. The lowest BCUT2D eigenvalue weighted by Gasteiger charge is -2.56. The van der Waals surface area contributed by atoms with Crippen molar-refractivity contribution in [2.75, 3.05) is 0 Å². The normalized spacial score (nSPS) is 29.1. The molecule has 1 aromatic heterocycles. The summed E-state index contributed by atoms with van der Waals surface area (Å²) >= 11 is 0. The van der Waals surface area contributed by atoms with Crippen LogP contribution in [0.25, 0.3) is 10.8 Å². The summed E-state index contributed by atoms with van der Waals surface area (Å²) in [4.78, 5) is 49.4. The maximum atomic E-state index is 12.5. The molecule has 0 spiro atoms. The van der Waals surface area contributed by atoms with E-state index in [1.165, 1.54) is 19.3 Å². The number of carbonyl (C=O) groups is 2. The first-order valence-electron chi connectivity index (χ1n) is 10.7. The van der Waals surface area contributed by atoms with E-state index < -0.39 is 17.0 Å². The van der Waals surface area contributed by atoms with Crippen molar-refractivity contribution in [3.05, 3.63) is 45.0 Å². The van der Waals surface area contributed by atoms with Crippen molar-refractivity contribution in [3.63, 3.8) is 0 Å². The zero-order valence-electron chi connectivity index (χ0n) is 16.8. The van der Waals surface area contributed by atoms with Gasteiger partial charge < -0.3 is 0 Å². The van der Waals surface area contributed by atoms with Crippen molar-refractivity contribution >= 4 is 22.6 Å². The quantitative estimate of drug-likeness (QED) is 0.662. The number of aromatic nitrogens is 2. The van der Waals surface area contributed by atoms with Crippen LogP contribution in [-0.2, 0) is 16.1 Å². The van der Waals surface area contributed by atoms with Crippen LogP contribution in [0.2, 0.25) is 0 Å². The van der Waals surface area contributed by atoms with Crippen LogP contribution in [0.1, 0.15) is 44.9 Å². The summed E-state index contributed by atoms with van der Waals surface area (Å²) in [6.45, 7) is -0.378. The number of hydrogen-bond donors (Lipinski definition) is 3. The van der Waals surface area contributed by atoms with E-state index >= 15 is 0 Å². The summed E-state index contributed by atoms with van der Waals surface area (Å²) in [5.74, 6) is 1.52. The predicted octanol–water partition coefficient (Wildman–Crippen LogP) is 1.44. The van der Waals surface area contributed by atoms with Gasteiger partial charge in [0.2, 0.25) is 5.91 Å². The van der Waals surface area contributed by atoms with Crippen LogP contribution in [0.3, 0.4) is 0 Å². The molecule has 1 aromatic carbocycles. The first-order chi connectivity index (χ1) is 14.4. The van der Waals surface area contributed by atoms with E-state index in [4.69, 9.17) is 0 Å². The molecule has 4 aliphatic carbocycles. The second-order valence-corrected chi connectivity index (χ2v) is 9.57. The Kier molecular flexibility index (Phi) is 4.52. The van der Waals surface area contributed by atoms with Crippen LogP contribution in [0.15, 0.2) is 33.9 Å². The first kappa shape index (κ1) is 19.1. The van der Waals surface area contributed by atoms with Gasteiger partial charge in [-0.1, -0.05) is 12.1 Å². The Balaban J connectivity index is 1.20. The SMILES string of the molecule is O=C(Cn1[nH]c(=O)c2ccccc2c1=O)NNC(=O)CC12CC3CC(CC(C3)C1)C2. The van der Waals surface area contributed by atoms with E-state index in [0.717, 1.165) is 41.7 Å². The van der Waals surface area contributed by atoms with Crippen molar-refractivity contribution in [2.24, 2.45) is 23.2 Å². The fraction of sp³-hybridized carbons (Fsp3) is 0.545. The number of H-pyrrole nitrogens is 1. The molecule has 8 heteroatoms. The highest BCUT2D eigenvalue weighted by atomic mass is 16.2. The van der Waals surface area contributed by atoms with Crippen LogP contribution < -0.4 is 22.0 Å². The Bertz CT molecular complexity index is 1100.